The molecule has 0 unspecified atom stereocenters. The molecule has 4 rings (SSSR count). The van der Waals surface area contributed by atoms with Crippen LogP contribution in [0.25, 0.3) is 0 Å². The van der Waals surface area contributed by atoms with Gasteiger partial charge in [-0.15, -0.1) is 0 Å². The lowest BCUT2D eigenvalue weighted by Crippen LogP contribution is -2.43. The highest BCUT2D eigenvalue weighted by Crippen LogP contribution is 2.52. The van der Waals surface area contributed by atoms with Crippen molar-refractivity contribution < 1.29 is 29.3 Å². The zero-order chi connectivity index (χ0) is 17.2. The summed E-state index contributed by atoms with van der Waals surface area (Å²) >= 11 is 5.84. The monoisotopic (exact) mass is 349 g/mol. The van der Waals surface area contributed by atoms with E-state index in [9.17, 15) is 19.5 Å². The summed E-state index contributed by atoms with van der Waals surface area (Å²) in [4.78, 5) is 37.7. The molecule has 0 aromatic heterocycles. The SMILES string of the molecule is O=C(O)c1cc(N2C(=O)[C@H]3[C@@H]4C=C[C@](CO)(O4)[C@H]3C2=O)ccc1Cl. The van der Waals surface area contributed by atoms with Crippen molar-refractivity contribution in [2.45, 2.75) is 11.7 Å². The lowest BCUT2D eigenvalue weighted by molar-refractivity contribution is -0.128. The Kier molecular flexibility index (Phi) is 3.12. The van der Waals surface area contributed by atoms with Gasteiger partial charge in [0.25, 0.3) is 0 Å². The van der Waals surface area contributed by atoms with Crippen LogP contribution in [-0.4, -0.2) is 46.3 Å². The predicted octanol–water partition coefficient (Wildman–Crippen LogP) is 0.843. The van der Waals surface area contributed by atoms with Gasteiger partial charge >= 0.3 is 5.97 Å². The van der Waals surface area contributed by atoms with Gasteiger partial charge in [-0.1, -0.05) is 23.8 Å². The van der Waals surface area contributed by atoms with E-state index >= 15 is 0 Å². The molecule has 1 aromatic carbocycles. The van der Waals surface area contributed by atoms with Crippen LogP contribution >= 0.6 is 11.6 Å². The van der Waals surface area contributed by atoms with Crippen molar-refractivity contribution in [3.63, 3.8) is 0 Å². The standard InChI is InChI=1S/C16H12ClNO6/c17-9-2-1-7(5-8(9)15(22)23)18-13(20)11-10-3-4-16(6-19,24-10)12(11)14(18)21/h1-5,10-12,19H,6H2,(H,22,23)/t10-,11-,12+,16+/m0/s1. The third kappa shape index (κ3) is 1.77. The highest BCUT2D eigenvalue weighted by Gasteiger charge is 2.67. The molecule has 24 heavy (non-hydrogen) atoms. The highest BCUT2D eigenvalue weighted by molar-refractivity contribution is 6.34. The van der Waals surface area contributed by atoms with Crippen molar-refractivity contribution in [3.8, 4) is 0 Å². The smallest absolute Gasteiger partial charge is 0.337 e. The zero-order valence-electron chi connectivity index (χ0n) is 12.2. The van der Waals surface area contributed by atoms with Gasteiger partial charge in [-0.2, -0.15) is 0 Å². The van der Waals surface area contributed by atoms with Crippen molar-refractivity contribution in [1.82, 2.24) is 0 Å². The molecule has 0 aliphatic carbocycles. The van der Waals surface area contributed by atoms with Crippen LogP contribution in [0.1, 0.15) is 10.4 Å². The summed E-state index contributed by atoms with van der Waals surface area (Å²) < 4.78 is 5.64. The van der Waals surface area contributed by atoms with E-state index in [1.807, 2.05) is 0 Å². The average Bonchev–Trinajstić information content (AvgIpc) is 3.19. The second-order valence-corrected chi connectivity index (χ2v) is 6.45. The van der Waals surface area contributed by atoms with Gasteiger partial charge in [-0.05, 0) is 18.2 Å². The molecule has 7 nitrogen and oxygen atoms in total. The Hall–Kier alpha value is -2.22. The van der Waals surface area contributed by atoms with Gasteiger partial charge in [-0.25, -0.2) is 9.69 Å². The molecule has 0 spiro atoms. The number of aliphatic hydroxyl groups excluding tert-OH is 1. The first kappa shape index (κ1) is 15.3. The molecular weight excluding hydrogens is 338 g/mol. The molecule has 2 bridgehead atoms. The van der Waals surface area contributed by atoms with Crippen LogP contribution < -0.4 is 4.90 Å². The number of rotatable bonds is 3. The van der Waals surface area contributed by atoms with Crippen LogP contribution in [0.2, 0.25) is 5.02 Å². The average molecular weight is 350 g/mol. The fourth-order valence-electron chi connectivity index (χ4n) is 3.75. The maximum absolute atomic E-state index is 12.8. The van der Waals surface area contributed by atoms with Crippen molar-refractivity contribution in [1.29, 1.82) is 0 Å². The fourth-order valence-corrected chi connectivity index (χ4v) is 3.95. The van der Waals surface area contributed by atoms with Crippen LogP contribution in [-0.2, 0) is 14.3 Å². The van der Waals surface area contributed by atoms with Gasteiger partial charge in [0.2, 0.25) is 11.8 Å². The molecule has 2 amide bonds. The number of ether oxygens (including phenoxy) is 1. The summed E-state index contributed by atoms with van der Waals surface area (Å²) in [6.07, 6.45) is 2.74. The number of aliphatic hydroxyl groups is 1. The number of hydrogen-bond donors (Lipinski definition) is 2. The predicted molar refractivity (Wildman–Crippen MR) is 81.7 cm³/mol. The first-order chi connectivity index (χ1) is 11.4. The minimum atomic E-state index is -1.25. The number of aromatic carboxylic acids is 1. The second kappa shape index (κ2) is 4.89. The van der Waals surface area contributed by atoms with E-state index in [1.165, 1.54) is 18.2 Å². The number of imide groups is 1. The number of nitrogens with zero attached hydrogens (tertiary/aromatic N) is 1. The maximum Gasteiger partial charge on any atom is 0.337 e. The van der Waals surface area contributed by atoms with E-state index in [2.05, 4.69) is 0 Å². The number of halogens is 1. The highest BCUT2D eigenvalue weighted by atomic mass is 35.5. The molecule has 8 heteroatoms. The molecule has 2 fully saturated rings. The molecule has 2 N–H and O–H groups in total. The molecule has 0 radical (unpaired) electrons. The normalized spacial score (nSPS) is 33.4. The van der Waals surface area contributed by atoms with Gasteiger partial charge in [0, 0.05) is 0 Å². The Bertz CT molecular complexity index is 821. The number of fused-ring (bicyclic) bond motifs is 5. The van der Waals surface area contributed by atoms with E-state index in [4.69, 9.17) is 21.4 Å². The minimum Gasteiger partial charge on any atom is -0.478 e. The number of hydrogen-bond acceptors (Lipinski definition) is 5. The minimum absolute atomic E-state index is 0.0161. The summed E-state index contributed by atoms with van der Waals surface area (Å²) in [7, 11) is 0. The summed E-state index contributed by atoms with van der Waals surface area (Å²) in [6.45, 7) is -0.408. The van der Waals surface area contributed by atoms with Crippen LogP contribution in [0.15, 0.2) is 30.4 Å². The lowest BCUT2D eigenvalue weighted by Gasteiger charge is -2.26. The van der Waals surface area contributed by atoms with E-state index in [0.29, 0.717) is 0 Å². The van der Waals surface area contributed by atoms with Crippen molar-refractivity contribution in [3.05, 3.63) is 40.9 Å². The topological polar surface area (TPSA) is 104 Å². The van der Waals surface area contributed by atoms with E-state index in [0.717, 1.165) is 4.90 Å². The molecular formula is C16H12ClNO6. The first-order valence-electron chi connectivity index (χ1n) is 7.28. The van der Waals surface area contributed by atoms with Gasteiger partial charge < -0.3 is 14.9 Å². The Balaban J connectivity index is 1.77. The van der Waals surface area contributed by atoms with Crippen molar-refractivity contribution in [2.24, 2.45) is 11.8 Å². The van der Waals surface area contributed by atoms with Crippen LogP contribution in [0.5, 0.6) is 0 Å². The molecule has 4 atom stereocenters. The fraction of sp³-hybridized carbons (Fsp3) is 0.312. The zero-order valence-corrected chi connectivity index (χ0v) is 12.9. The van der Waals surface area contributed by atoms with Crippen LogP contribution in [0.4, 0.5) is 5.69 Å². The Morgan fingerprint density at radius 2 is 2.08 bits per heavy atom. The van der Waals surface area contributed by atoms with E-state index in [1.54, 1.807) is 12.2 Å². The summed E-state index contributed by atoms with van der Waals surface area (Å²) in [5.74, 6) is -3.75. The second-order valence-electron chi connectivity index (χ2n) is 6.04. The molecule has 0 saturated carbocycles. The molecule has 1 aromatic rings. The van der Waals surface area contributed by atoms with Gasteiger partial charge in [0.15, 0.2) is 0 Å². The van der Waals surface area contributed by atoms with E-state index < -0.39 is 47.9 Å². The van der Waals surface area contributed by atoms with Gasteiger partial charge in [0.1, 0.15) is 5.60 Å². The maximum atomic E-state index is 12.8. The quantitative estimate of drug-likeness (QED) is 0.619. The Labute approximate surface area is 141 Å². The molecule has 3 aliphatic rings. The van der Waals surface area contributed by atoms with Crippen molar-refractivity contribution >= 4 is 35.1 Å². The number of carbonyl (C=O) groups is 3. The summed E-state index contributed by atoms with van der Waals surface area (Å²) in [5.41, 5.74) is -1.23. The molecule has 124 valence electrons. The summed E-state index contributed by atoms with van der Waals surface area (Å²) in [6, 6.07) is 3.96. The third-order valence-electron chi connectivity index (χ3n) is 4.84. The van der Waals surface area contributed by atoms with Crippen LogP contribution in [0, 0.1) is 11.8 Å². The van der Waals surface area contributed by atoms with Crippen molar-refractivity contribution in [2.75, 3.05) is 11.5 Å². The molecule has 3 heterocycles. The molecule has 2 saturated heterocycles. The number of benzene rings is 1. The van der Waals surface area contributed by atoms with Gasteiger partial charge in [0.05, 0.1) is 40.8 Å². The van der Waals surface area contributed by atoms with E-state index in [-0.39, 0.29) is 16.3 Å². The largest absolute Gasteiger partial charge is 0.478 e. The first-order valence-corrected chi connectivity index (χ1v) is 7.66. The summed E-state index contributed by atoms with van der Waals surface area (Å²) in [5, 5.41) is 18.8. The van der Waals surface area contributed by atoms with Crippen LogP contribution in [0.3, 0.4) is 0 Å². The van der Waals surface area contributed by atoms with Gasteiger partial charge in [-0.3, -0.25) is 9.59 Å². The Morgan fingerprint density at radius 1 is 1.33 bits per heavy atom. The molecule has 3 aliphatic heterocycles. The lowest BCUT2D eigenvalue weighted by atomic mass is 9.77. The number of carboxylic acid groups (broad SMARTS) is 1. The number of anilines is 1. The number of carbonyl (C=O) groups excluding carboxylic acids is 2. The number of carboxylic acids is 1. The Morgan fingerprint density at radius 3 is 2.75 bits per heavy atom. The number of amides is 2. The third-order valence-corrected chi connectivity index (χ3v) is 5.17.